The summed E-state index contributed by atoms with van der Waals surface area (Å²) in [5.41, 5.74) is 12.4. The van der Waals surface area contributed by atoms with E-state index in [1.165, 1.54) is 12.1 Å². The number of aliphatic hydroxyl groups is 1. The summed E-state index contributed by atoms with van der Waals surface area (Å²) in [6, 6.07) is 2.89. The van der Waals surface area contributed by atoms with Crippen LogP contribution in [0.25, 0.3) is 11.0 Å². The van der Waals surface area contributed by atoms with Crippen LogP contribution >= 0.6 is 0 Å². The van der Waals surface area contributed by atoms with Crippen LogP contribution in [0.5, 0.6) is 0 Å². The van der Waals surface area contributed by atoms with Gasteiger partial charge in [0.2, 0.25) is 0 Å². The van der Waals surface area contributed by atoms with Crippen molar-refractivity contribution >= 4 is 28.6 Å². The Kier molecular flexibility index (Phi) is 2.17. The van der Waals surface area contributed by atoms with Crippen molar-refractivity contribution in [1.82, 2.24) is 9.97 Å². The van der Waals surface area contributed by atoms with Crippen LogP contribution in [0.3, 0.4) is 0 Å². The molecule has 0 saturated carbocycles. The Morgan fingerprint density at radius 1 is 1.44 bits per heavy atom. The molecule has 7 nitrogen and oxygen atoms in total. The van der Waals surface area contributed by atoms with Gasteiger partial charge in [-0.15, -0.1) is 0 Å². The van der Waals surface area contributed by atoms with E-state index in [1.807, 2.05) is 0 Å². The van der Waals surface area contributed by atoms with Crippen LogP contribution in [-0.2, 0) is 4.79 Å². The number of benzene rings is 1. The number of carboxylic acids is 1. The number of nitrogens with zero attached hydrogens (tertiary/aromatic N) is 1. The molecule has 0 fully saturated rings. The van der Waals surface area contributed by atoms with Gasteiger partial charge in [-0.2, -0.15) is 0 Å². The number of carboxylic acid groups (broad SMARTS) is 1. The second kappa shape index (κ2) is 3.38. The van der Waals surface area contributed by atoms with Gasteiger partial charge in [-0.1, -0.05) is 0 Å². The van der Waals surface area contributed by atoms with Crippen LogP contribution in [-0.4, -0.2) is 26.2 Å². The minimum atomic E-state index is -1.66. The van der Waals surface area contributed by atoms with Gasteiger partial charge >= 0.3 is 5.97 Å². The molecule has 1 atom stereocenters. The fourth-order valence-corrected chi connectivity index (χ4v) is 1.48. The first-order chi connectivity index (χ1) is 7.49. The normalized spacial score (nSPS) is 12.8. The molecule has 2 rings (SSSR count). The number of fused-ring (bicyclic) bond motifs is 1. The number of nitrogen functional groups attached to an aromatic ring is 2. The molecule has 0 spiro atoms. The summed E-state index contributed by atoms with van der Waals surface area (Å²) in [6.07, 6.45) is -1.66. The SMILES string of the molecule is Nc1nc2cc(N)c(C(O)C(=O)O)cc2[nH]1. The van der Waals surface area contributed by atoms with Crippen LogP contribution in [0.15, 0.2) is 12.1 Å². The van der Waals surface area contributed by atoms with Crippen LogP contribution in [0.4, 0.5) is 11.6 Å². The highest BCUT2D eigenvalue weighted by molar-refractivity contribution is 5.85. The molecule has 1 heterocycles. The molecule has 0 bridgehead atoms. The smallest absolute Gasteiger partial charge is 0.337 e. The monoisotopic (exact) mass is 222 g/mol. The van der Waals surface area contributed by atoms with Gasteiger partial charge in [-0.25, -0.2) is 9.78 Å². The standard InChI is InChI=1S/C9H10N4O3/c10-4-2-6-5(12-9(11)13-6)1-3(4)7(14)8(15)16/h1-2,7,14H,10H2,(H,15,16)(H3,11,12,13). The van der Waals surface area contributed by atoms with Crippen molar-refractivity contribution in [2.24, 2.45) is 0 Å². The fourth-order valence-electron chi connectivity index (χ4n) is 1.48. The zero-order valence-electron chi connectivity index (χ0n) is 8.14. The summed E-state index contributed by atoms with van der Waals surface area (Å²) < 4.78 is 0. The number of H-pyrrole nitrogens is 1. The minimum absolute atomic E-state index is 0.114. The number of aliphatic hydroxyl groups excluding tert-OH is 1. The molecule has 0 radical (unpaired) electrons. The average Bonchev–Trinajstić information content (AvgIpc) is 2.54. The van der Waals surface area contributed by atoms with Crippen LogP contribution in [0.2, 0.25) is 0 Å². The zero-order valence-corrected chi connectivity index (χ0v) is 8.14. The molecule has 1 aromatic carbocycles. The summed E-state index contributed by atoms with van der Waals surface area (Å²) >= 11 is 0. The van der Waals surface area contributed by atoms with Crippen molar-refractivity contribution in [2.75, 3.05) is 11.5 Å². The quantitative estimate of drug-likeness (QED) is 0.448. The second-order valence-corrected chi connectivity index (χ2v) is 3.36. The number of aromatic amines is 1. The van der Waals surface area contributed by atoms with E-state index in [0.29, 0.717) is 11.0 Å². The fraction of sp³-hybridized carbons (Fsp3) is 0.111. The molecule has 0 saturated heterocycles. The largest absolute Gasteiger partial charge is 0.479 e. The number of nitrogens with one attached hydrogen (secondary N) is 1. The van der Waals surface area contributed by atoms with Crippen LogP contribution in [0.1, 0.15) is 11.7 Å². The van der Waals surface area contributed by atoms with Gasteiger partial charge in [0.1, 0.15) is 0 Å². The molecule has 0 aliphatic carbocycles. The Labute approximate surface area is 89.7 Å². The highest BCUT2D eigenvalue weighted by atomic mass is 16.4. The highest BCUT2D eigenvalue weighted by Crippen LogP contribution is 2.26. The van der Waals surface area contributed by atoms with Gasteiger partial charge in [0, 0.05) is 11.3 Å². The lowest BCUT2D eigenvalue weighted by molar-refractivity contribution is -0.146. The Hall–Kier alpha value is -2.28. The predicted octanol–water partition coefficient (Wildman–Crippen LogP) is -0.155. The number of carbonyl (C=O) groups is 1. The van der Waals surface area contributed by atoms with Gasteiger partial charge in [0.15, 0.2) is 12.1 Å². The Balaban J connectivity index is 2.61. The topological polar surface area (TPSA) is 138 Å². The summed E-state index contributed by atoms with van der Waals surface area (Å²) in [6.45, 7) is 0. The lowest BCUT2D eigenvalue weighted by atomic mass is 10.1. The maximum absolute atomic E-state index is 10.6. The second-order valence-electron chi connectivity index (χ2n) is 3.36. The number of nitrogens with two attached hydrogens (primary N) is 2. The van der Waals surface area contributed by atoms with Crippen molar-refractivity contribution in [3.05, 3.63) is 17.7 Å². The van der Waals surface area contributed by atoms with E-state index in [2.05, 4.69) is 9.97 Å². The Morgan fingerprint density at radius 3 is 2.75 bits per heavy atom. The molecular formula is C9H10N4O3. The maximum Gasteiger partial charge on any atom is 0.337 e. The van der Waals surface area contributed by atoms with Crippen molar-refractivity contribution in [1.29, 1.82) is 0 Å². The van der Waals surface area contributed by atoms with Gasteiger partial charge in [-0.3, -0.25) is 0 Å². The van der Waals surface area contributed by atoms with Crippen molar-refractivity contribution < 1.29 is 15.0 Å². The number of aromatic nitrogens is 2. The maximum atomic E-state index is 10.6. The summed E-state index contributed by atoms with van der Waals surface area (Å²) in [7, 11) is 0. The lowest BCUT2D eigenvalue weighted by Gasteiger charge is -2.08. The van der Waals surface area contributed by atoms with E-state index in [1.54, 1.807) is 0 Å². The third-order valence-electron chi connectivity index (χ3n) is 2.23. The first-order valence-electron chi connectivity index (χ1n) is 4.44. The summed E-state index contributed by atoms with van der Waals surface area (Å²) in [5.74, 6) is -1.16. The molecule has 0 amide bonds. The molecule has 7 N–H and O–H groups in total. The Bertz CT molecular complexity index is 563. The van der Waals surface area contributed by atoms with Crippen LogP contribution in [0, 0.1) is 0 Å². The summed E-state index contributed by atoms with van der Waals surface area (Å²) in [5, 5.41) is 18.1. The van der Waals surface area contributed by atoms with Gasteiger partial charge in [0.05, 0.1) is 11.0 Å². The molecule has 0 aliphatic heterocycles. The van der Waals surface area contributed by atoms with E-state index < -0.39 is 12.1 Å². The number of aliphatic carboxylic acids is 1. The molecule has 1 aromatic heterocycles. The number of rotatable bonds is 2. The first kappa shape index (κ1) is 10.2. The van der Waals surface area contributed by atoms with Crippen molar-refractivity contribution in [2.45, 2.75) is 6.10 Å². The molecular weight excluding hydrogens is 212 g/mol. The number of imidazole rings is 1. The molecule has 84 valence electrons. The third-order valence-corrected chi connectivity index (χ3v) is 2.23. The van der Waals surface area contributed by atoms with Crippen LogP contribution < -0.4 is 11.5 Å². The van der Waals surface area contributed by atoms with Crippen molar-refractivity contribution in [3.8, 4) is 0 Å². The van der Waals surface area contributed by atoms with Gasteiger partial charge in [-0.05, 0) is 12.1 Å². The van der Waals surface area contributed by atoms with E-state index in [4.69, 9.17) is 16.6 Å². The average molecular weight is 222 g/mol. The number of anilines is 2. The van der Waals surface area contributed by atoms with E-state index in [-0.39, 0.29) is 17.2 Å². The van der Waals surface area contributed by atoms with Gasteiger partial charge < -0.3 is 26.7 Å². The highest BCUT2D eigenvalue weighted by Gasteiger charge is 2.19. The zero-order chi connectivity index (χ0) is 11.9. The van der Waals surface area contributed by atoms with Crippen molar-refractivity contribution in [3.63, 3.8) is 0 Å². The minimum Gasteiger partial charge on any atom is -0.479 e. The Morgan fingerprint density at radius 2 is 2.12 bits per heavy atom. The molecule has 2 aromatic rings. The van der Waals surface area contributed by atoms with E-state index >= 15 is 0 Å². The van der Waals surface area contributed by atoms with Gasteiger partial charge in [0.25, 0.3) is 0 Å². The molecule has 16 heavy (non-hydrogen) atoms. The lowest BCUT2D eigenvalue weighted by Crippen LogP contribution is -2.12. The van der Waals surface area contributed by atoms with E-state index in [0.717, 1.165) is 0 Å². The van der Waals surface area contributed by atoms with E-state index in [9.17, 15) is 9.90 Å². The predicted molar refractivity (Wildman–Crippen MR) is 57.5 cm³/mol. The molecule has 7 heteroatoms. The third kappa shape index (κ3) is 1.52. The summed E-state index contributed by atoms with van der Waals surface area (Å²) in [4.78, 5) is 17.3. The first-order valence-corrected chi connectivity index (χ1v) is 4.44. The number of hydrogen-bond acceptors (Lipinski definition) is 5. The number of hydrogen-bond donors (Lipinski definition) is 5. The molecule has 0 aliphatic rings. The molecule has 1 unspecified atom stereocenters.